The van der Waals surface area contributed by atoms with Gasteiger partial charge in [-0.3, -0.25) is 0 Å². The van der Waals surface area contributed by atoms with Gasteiger partial charge in [0.15, 0.2) is 0 Å². The average molecular weight is 203 g/mol. The maximum Gasteiger partial charge on any atom is 0.132 e. The van der Waals surface area contributed by atoms with Crippen molar-refractivity contribution in [3.63, 3.8) is 0 Å². The molecule has 0 aliphatic rings. The van der Waals surface area contributed by atoms with Gasteiger partial charge in [-0.05, 0) is 12.1 Å². The third-order valence-electron chi connectivity index (χ3n) is 0.892. The summed E-state index contributed by atoms with van der Waals surface area (Å²) in [7, 11) is 0. The predicted molar refractivity (Wildman–Crippen MR) is 50.3 cm³/mol. The van der Waals surface area contributed by atoms with E-state index in [1.807, 2.05) is 19.9 Å². The lowest BCUT2D eigenvalue weighted by atomic mass is 10.3. The first kappa shape index (κ1) is 11.2. The van der Waals surface area contributed by atoms with Gasteiger partial charge < -0.3 is 0 Å². The van der Waals surface area contributed by atoms with Crippen LogP contribution in [0.3, 0.4) is 0 Å². The molecule has 1 aromatic rings. The third kappa shape index (κ3) is 3.56. The van der Waals surface area contributed by atoms with Crippen LogP contribution in [0.2, 0.25) is 10.3 Å². The van der Waals surface area contributed by atoms with E-state index in [0.29, 0.717) is 5.56 Å². The molecule has 0 amide bonds. The highest BCUT2D eigenvalue weighted by Crippen LogP contribution is 2.13. The molecule has 0 radical (unpaired) electrons. The van der Waals surface area contributed by atoms with Crippen molar-refractivity contribution in [2.24, 2.45) is 0 Å². The molecule has 1 aromatic heterocycles. The van der Waals surface area contributed by atoms with Crippen LogP contribution in [0.5, 0.6) is 0 Å². The summed E-state index contributed by atoms with van der Waals surface area (Å²) in [4.78, 5) is 3.66. The van der Waals surface area contributed by atoms with Crippen LogP contribution in [0.4, 0.5) is 0 Å². The van der Waals surface area contributed by atoms with Crippen molar-refractivity contribution in [2.75, 3.05) is 0 Å². The maximum atomic E-state index is 8.39. The van der Waals surface area contributed by atoms with Crippen molar-refractivity contribution in [3.05, 3.63) is 28.0 Å². The quantitative estimate of drug-likeness (QED) is 0.606. The molecule has 0 unspecified atom stereocenters. The van der Waals surface area contributed by atoms with Gasteiger partial charge >= 0.3 is 0 Å². The Morgan fingerprint density at radius 2 is 1.67 bits per heavy atom. The molecule has 64 valence electrons. The SMILES string of the molecule is CC.N#Cc1cc(Cl)nc(Cl)c1. The Labute approximate surface area is 81.8 Å². The minimum atomic E-state index is 0.240. The van der Waals surface area contributed by atoms with Crippen molar-refractivity contribution >= 4 is 23.2 Å². The second kappa shape index (κ2) is 5.82. The fourth-order valence-corrected chi connectivity index (χ4v) is 0.990. The molecule has 0 saturated heterocycles. The smallest absolute Gasteiger partial charge is 0.132 e. The van der Waals surface area contributed by atoms with Crippen LogP contribution in [-0.4, -0.2) is 4.98 Å². The van der Waals surface area contributed by atoms with E-state index in [0.717, 1.165) is 0 Å². The normalized spacial score (nSPS) is 7.92. The number of halogens is 2. The van der Waals surface area contributed by atoms with Gasteiger partial charge in [0.05, 0.1) is 11.6 Å². The number of pyridine rings is 1. The van der Waals surface area contributed by atoms with Gasteiger partial charge in [-0.15, -0.1) is 0 Å². The molecule has 0 atom stereocenters. The molecule has 0 bridgehead atoms. The molecule has 0 aromatic carbocycles. The van der Waals surface area contributed by atoms with Crippen molar-refractivity contribution in [2.45, 2.75) is 13.8 Å². The van der Waals surface area contributed by atoms with Crippen LogP contribution < -0.4 is 0 Å². The summed E-state index contributed by atoms with van der Waals surface area (Å²) in [6.45, 7) is 4.00. The van der Waals surface area contributed by atoms with Crippen molar-refractivity contribution in [1.29, 1.82) is 5.26 Å². The predicted octanol–water partition coefficient (Wildman–Crippen LogP) is 3.29. The van der Waals surface area contributed by atoms with Crippen LogP contribution >= 0.6 is 23.2 Å². The van der Waals surface area contributed by atoms with Crippen LogP contribution in [0, 0.1) is 11.3 Å². The number of nitrogens with zero attached hydrogens (tertiary/aromatic N) is 2. The van der Waals surface area contributed by atoms with Crippen molar-refractivity contribution < 1.29 is 0 Å². The lowest BCUT2D eigenvalue weighted by Gasteiger charge is -1.90. The largest absolute Gasteiger partial charge is 0.224 e. The lowest BCUT2D eigenvalue weighted by Crippen LogP contribution is -1.79. The highest BCUT2D eigenvalue weighted by molar-refractivity contribution is 6.32. The van der Waals surface area contributed by atoms with Gasteiger partial charge in [-0.25, -0.2) is 4.98 Å². The minimum absolute atomic E-state index is 0.240. The Bertz CT molecular complexity index is 271. The summed E-state index contributed by atoms with van der Waals surface area (Å²) in [6, 6.07) is 4.80. The molecule has 2 nitrogen and oxygen atoms in total. The molecule has 0 N–H and O–H groups in total. The molecule has 1 rings (SSSR count). The van der Waals surface area contributed by atoms with Crippen LogP contribution in [0.1, 0.15) is 19.4 Å². The first-order chi connectivity index (χ1) is 5.72. The fraction of sp³-hybridized carbons (Fsp3) is 0.250. The van der Waals surface area contributed by atoms with E-state index in [4.69, 9.17) is 28.5 Å². The highest BCUT2D eigenvalue weighted by atomic mass is 35.5. The molecule has 0 fully saturated rings. The van der Waals surface area contributed by atoms with E-state index in [2.05, 4.69) is 4.98 Å². The molecule has 0 spiro atoms. The zero-order valence-electron chi connectivity index (χ0n) is 6.81. The zero-order valence-corrected chi connectivity index (χ0v) is 8.32. The second-order valence-electron chi connectivity index (χ2n) is 1.61. The Kier molecular flexibility index (Phi) is 5.44. The lowest BCUT2D eigenvalue weighted by molar-refractivity contribution is 1.31. The van der Waals surface area contributed by atoms with E-state index in [9.17, 15) is 0 Å². The summed E-state index contributed by atoms with van der Waals surface area (Å²) in [6.07, 6.45) is 0. The molecule has 0 saturated carbocycles. The van der Waals surface area contributed by atoms with Crippen molar-refractivity contribution in [3.8, 4) is 6.07 Å². The molecule has 12 heavy (non-hydrogen) atoms. The Morgan fingerprint density at radius 1 is 1.25 bits per heavy atom. The van der Waals surface area contributed by atoms with Gasteiger partial charge in [0, 0.05) is 0 Å². The van der Waals surface area contributed by atoms with Crippen LogP contribution in [0.25, 0.3) is 0 Å². The van der Waals surface area contributed by atoms with Gasteiger partial charge in [0.25, 0.3) is 0 Å². The Balaban J connectivity index is 0.000000561. The van der Waals surface area contributed by atoms with Gasteiger partial charge in [0.2, 0.25) is 0 Å². The topological polar surface area (TPSA) is 36.7 Å². The molecule has 4 heteroatoms. The highest BCUT2D eigenvalue weighted by Gasteiger charge is 1.96. The molecule has 0 aliphatic carbocycles. The standard InChI is InChI=1S/C6H2Cl2N2.C2H6/c7-5-1-4(3-9)2-6(8)10-5;1-2/h1-2H;1-2H3. The fourth-order valence-electron chi connectivity index (χ4n) is 0.529. The molecular weight excluding hydrogens is 195 g/mol. The minimum Gasteiger partial charge on any atom is -0.224 e. The number of aromatic nitrogens is 1. The summed E-state index contributed by atoms with van der Waals surface area (Å²) in [5.74, 6) is 0. The second-order valence-corrected chi connectivity index (χ2v) is 2.39. The van der Waals surface area contributed by atoms with E-state index >= 15 is 0 Å². The average Bonchev–Trinajstić information content (AvgIpc) is 2.06. The summed E-state index contributed by atoms with van der Waals surface area (Å²) < 4.78 is 0. The van der Waals surface area contributed by atoms with E-state index in [1.54, 1.807) is 0 Å². The molecular formula is C8H8Cl2N2. The first-order valence-electron chi connectivity index (χ1n) is 3.45. The molecule has 1 heterocycles. The Hall–Kier alpha value is -0.780. The van der Waals surface area contributed by atoms with Crippen LogP contribution in [0.15, 0.2) is 12.1 Å². The van der Waals surface area contributed by atoms with Gasteiger partial charge in [0.1, 0.15) is 10.3 Å². The zero-order chi connectivity index (χ0) is 9.56. The summed E-state index contributed by atoms with van der Waals surface area (Å²) in [5.41, 5.74) is 0.421. The van der Waals surface area contributed by atoms with E-state index in [1.165, 1.54) is 12.1 Å². The summed E-state index contributed by atoms with van der Waals surface area (Å²) in [5, 5.41) is 8.87. The maximum absolute atomic E-state index is 8.39. The van der Waals surface area contributed by atoms with Crippen molar-refractivity contribution in [1.82, 2.24) is 4.98 Å². The summed E-state index contributed by atoms with van der Waals surface area (Å²) >= 11 is 11.0. The number of rotatable bonds is 0. The number of hydrogen-bond acceptors (Lipinski definition) is 2. The first-order valence-corrected chi connectivity index (χ1v) is 4.21. The van der Waals surface area contributed by atoms with Crippen LogP contribution in [-0.2, 0) is 0 Å². The number of hydrogen-bond donors (Lipinski definition) is 0. The van der Waals surface area contributed by atoms with Gasteiger partial charge in [-0.2, -0.15) is 5.26 Å². The monoisotopic (exact) mass is 202 g/mol. The van der Waals surface area contributed by atoms with Gasteiger partial charge in [-0.1, -0.05) is 37.0 Å². The number of nitriles is 1. The third-order valence-corrected chi connectivity index (χ3v) is 1.28. The van der Waals surface area contributed by atoms with E-state index < -0.39 is 0 Å². The van der Waals surface area contributed by atoms with E-state index in [-0.39, 0.29) is 10.3 Å². The molecule has 0 aliphatic heterocycles. The Morgan fingerprint density at radius 3 is 2.00 bits per heavy atom.